The number of nitrogens with one attached hydrogen (secondary N) is 1. The van der Waals surface area contributed by atoms with Gasteiger partial charge in [-0.3, -0.25) is 14.2 Å². The van der Waals surface area contributed by atoms with E-state index >= 15 is 0 Å². The molecule has 214 valence electrons. The number of hydrogen-bond donors (Lipinski definition) is 3. The summed E-state index contributed by atoms with van der Waals surface area (Å²) in [6.45, 7) is 2.22. The van der Waals surface area contributed by atoms with Gasteiger partial charge in [0.15, 0.2) is 34.5 Å². The normalized spacial score (nSPS) is 14.3. The second kappa shape index (κ2) is 11.2. The number of rotatable bonds is 10. The van der Waals surface area contributed by atoms with Crippen molar-refractivity contribution < 1.29 is 47.0 Å². The van der Waals surface area contributed by atoms with Gasteiger partial charge in [0.25, 0.3) is 5.91 Å². The maximum atomic E-state index is 14.7. The van der Waals surface area contributed by atoms with Crippen LogP contribution in [0.15, 0.2) is 30.5 Å². The number of amides is 1. The Bertz CT molecular complexity index is 1460. The molecule has 4 rings (SSSR count). The molecule has 1 amide bonds. The van der Waals surface area contributed by atoms with E-state index in [2.05, 4.69) is 24.8 Å². The monoisotopic (exact) mass is 579 g/mol. The van der Waals surface area contributed by atoms with Crippen LogP contribution in [0, 0.1) is 5.82 Å². The fraction of sp³-hybridized carbons (Fsp3) is 0.333. The minimum Gasteiger partial charge on any atom is -0.493 e. The highest BCUT2D eigenvalue weighted by Crippen LogP contribution is 2.42. The Labute approximate surface area is 228 Å². The lowest BCUT2D eigenvalue weighted by Crippen LogP contribution is -2.53. The summed E-state index contributed by atoms with van der Waals surface area (Å²) < 4.78 is 52.3. The number of phosphoric ester groups is 1. The fourth-order valence-electron chi connectivity index (χ4n) is 3.88. The molecule has 16 heteroatoms. The van der Waals surface area contributed by atoms with E-state index in [0.29, 0.717) is 22.9 Å². The van der Waals surface area contributed by atoms with Gasteiger partial charge in [0.05, 0.1) is 33.2 Å². The van der Waals surface area contributed by atoms with Gasteiger partial charge in [0.2, 0.25) is 11.7 Å². The number of phosphoric acid groups is 1. The second-order valence-corrected chi connectivity index (χ2v) is 10.2. The molecule has 0 atom stereocenters. The third-order valence-corrected chi connectivity index (χ3v) is 6.17. The average Bonchev–Trinajstić information content (AvgIpc) is 2.89. The van der Waals surface area contributed by atoms with Crippen molar-refractivity contribution in [2.24, 2.45) is 0 Å². The maximum absolute atomic E-state index is 14.7. The van der Waals surface area contributed by atoms with E-state index in [9.17, 15) is 13.8 Å². The maximum Gasteiger partial charge on any atom is 0.471 e. The van der Waals surface area contributed by atoms with Crippen molar-refractivity contribution in [2.75, 3.05) is 38.3 Å². The smallest absolute Gasteiger partial charge is 0.471 e. The van der Waals surface area contributed by atoms with E-state index in [1.807, 2.05) is 0 Å². The summed E-state index contributed by atoms with van der Waals surface area (Å²) in [5, 5.41) is 2.97. The van der Waals surface area contributed by atoms with Crippen LogP contribution >= 0.6 is 7.82 Å². The topological polar surface area (TPSA) is 175 Å². The molecule has 0 fully saturated rings. The highest BCUT2D eigenvalue weighted by atomic mass is 31.2. The summed E-state index contributed by atoms with van der Waals surface area (Å²) >= 11 is 0. The number of pyridine rings is 1. The third kappa shape index (κ3) is 6.23. The first-order valence-corrected chi connectivity index (χ1v) is 13.2. The summed E-state index contributed by atoms with van der Waals surface area (Å²) in [6.07, 6.45) is 0.882. The molecule has 0 saturated carbocycles. The van der Waals surface area contributed by atoms with E-state index in [4.69, 9.17) is 28.7 Å². The zero-order valence-corrected chi connectivity index (χ0v) is 23.1. The minimum atomic E-state index is -4.89. The number of anilines is 3. The molecule has 0 bridgehead atoms. The van der Waals surface area contributed by atoms with Crippen molar-refractivity contribution in [2.45, 2.75) is 25.9 Å². The third-order valence-electron chi connectivity index (χ3n) is 5.72. The molecule has 40 heavy (non-hydrogen) atoms. The van der Waals surface area contributed by atoms with E-state index < -0.39 is 31.9 Å². The Morgan fingerprint density at radius 3 is 2.38 bits per heavy atom. The van der Waals surface area contributed by atoms with Crippen molar-refractivity contribution in [3.05, 3.63) is 47.7 Å². The number of carbonyl (C=O) groups excluding carboxylic acids is 1. The number of aromatic nitrogens is 3. The Kier molecular flexibility index (Phi) is 8.12. The van der Waals surface area contributed by atoms with Crippen LogP contribution in [0.4, 0.5) is 21.8 Å². The van der Waals surface area contributed by atoms with Gasteiger partial charge in [-0.1, -0.05) is 0 Å². The molecule has 3 N–H and O–H groups in total. The molecule has 0 spiro atoms. The lowest BCUT2D eigenvalue weighted by atomic mass is 10.1. The van der Waals surface area contributed by atoms with E-state index in [0.717, 1.165) is 11.1 Å². The van der Waals surface area contributed by atoms with Gasteiger partial charge < -0.3 is 34.1 Å². The molecule has 1 aliphatic heterocycles. The Morgan fingerprint density at radius 1 is 1.10 bits per heavy atom. The number of hydrogen-bond acceptors (Lipinski definition) is 11. The van der Waals surface area contributed by atoms with Gasteiger partial charge in [-0.05, 0) is 26.0 Å². The Hall–Kier alpha value is -4.04. The Balaban J connectivity index is 1.62. The number of nitrogens with zero attached hydrogens (tertiary/aromatic N) is 4. The van der Waals surface area contributed by atoms with Crippen LogP contribution in [-0.4, -0.2) is 64.3 Å². The predicted octanol–water partition coefficient (Wildman–Crippen LogP) is 2.94. The molecular weight excluding hydrogens is 552 g/mol. The van der Waals surface area contributed by atoms with Crippen LogP contribution in [0.3, 0.4) is 0 Å². The molecule has 14 nitrogen and oxygen atoms in total. The summed E-state index contributed by atoms with van der Waals surface area (Å²) in [4.78, 5) is 44.8. The molecule has 2 aromatic heterocycles. The minimum absolute atomic E-state index is 0.0150. The van der Waals surface area contributed by atoms with E-state index in [1.165, 1.54) is 41.2 Å². The largest absolute Gasteiger partial charge is 0.493 e. The number of benzene rings is 1. The molecule has 3 heterocycles. The van der Waals surface area contributed by atoms with Gasteiger partial charge >= 0.3 is 7.82 Å². The van der Waals surface area contributed by atoms with E-state index in [1.54, 1.807) is 18.2 Å². The molecule has 1 aliphatic rings. The number of ether oxygens (including phenoxy) is 4. The van der Waals surface area contributed by atoms with Gasteiger partial charge in [-0.2, -0.15) is 0 Å². The first-order valence-electron chi connectivity index (χ1n) is 11.6. The quantitative estimate of drug-likeness (QED) is 0.299. The van der Waals surface area contributed by atoms with E-state index in [-0.39, 0.29) is 35.3 Å². The predicted molar refractivity (Wildman–Crippen MR) is 139 cm³/mol. The number of fused-ring (bicyclic) bond motifs is 1. The molecular formula is C24H27FN5O9P. The molecule has 0 unspecified atom stereocenters. The summed E-state index contributed by atoms with van der Waals surface area (Å²) in [5.74, 6) is 0.0279. The molecule has 3 aromatic rings. The summed E-state index contributed by atoms with van der Waals surface area (Å²) in [5.41, 5.74) is -0.593. The highest BCUT2D eigenvalue weighted by Gasteiger charge is 2.42. The second-order valence-electron chi connectivity index (χ2n) is 8.92. The lowest BCUT2D eigenvalue weighted by molar-refractivity contribution is -0.133. The molecule has 0 radical (unpaired) electrons. The number of halogens is 1. The number of methoxy groups -OCH3 is 3. The number of carbonyl (C=O) groups is 1. The highest BCUT2D eigenvalue weighted by molar-refractivity contribution is 7.46. The summed E-state index contributed by atoms with van der Waals surface area (Å²) in [7, 11) is -0.477. The van der Waals surface area contributed by atoms with Crippen molar-refractivity contribution >= 4 is 31.2 Å². The average molecular weight is 579 g/mol. The van der Waals surface area contributed by atoms with Crippen molar-refractivity contribution in [3.63, 3.8) is 0 Å². The first-order chi connectivity index (χ1) is 18.8. The molecule has 0 aliphatic carbocycles. The molecule has 1 aromatic carbocycles. The van der Waals surface area contributed by atoms with Gasteiger partial charge in [-0.25, -0.2) is 23.9 Å². The zero-order valence-electron chi connectivity index (χ0n) is 22.2. The van der Waals surface area contributed by atoms with Crippen molar-refractivity contribution in [3.8, 4) is 23.0 Å². The van der Waals surface area contributed by atoms with Crippen molar-refractivity contribution in [1.82, 2.24) is 15.0 Å². The van der Waals surface area contributed by atoms with Crippen LogP contribution < -0.4 is 29.2 Å². The molecule has 0 saturated heterocycles. The van der Waals surface area contributed by atoms with Crippen LogP contribution in [0.1, 0.15) is 25.2 Å². The SMILES string of the molecule is COc1cc(Nc2ncc(F)c(Cc3ccc4c(n3)N(COP(=O)(O)O)C(=O)C(C)(C)O4)n2)cc(OC)c1OC. The van der Waals surface area contributed by atoms with Crippen LogP contribution in [0.25, 0.3) is 0 Å². The van der Waals surface area contributed by atoms with Crippen LogP contribution in [0.5, 0.6) is 23.0 Å². The van der Waals surface area contributed by atoms with Crippen molar-refractivity contribution in [1.29, 1.82) is 0 Å². The summed E-state index contributed by atoms with van der Waals surface area (Å²) in [6, 6.07) is 6.34. The van der Waals surface area contributed by atoms with Crippen LogP contribution in [-0.2, 0) is 20.3 Å². The van der Waals surface area contributed by atoms with Crippen LogP contribution in [0.2, 0.25) is 0 Å². The zero-order chi connectivity index (χ0) is 29.2. The Morgan fingerprint density at radius 2 is 1.77 bits per heavy atom. The van der Waals surface area contributed by atoms with Gasteiger partial charge in [0.1, 0.15) is 6.73 Å². The lowest BCUT2D eigenvalue weighted by Gasteiger charge is -2.37. The first kappa shape index (κ1) is 29.0. The fourth-order valence-corrected chi connectivity index (χ4v) is 4.15. The van der Waals surface area contributed by atoms with Gasteiger partial charge in [0, 0.05) is 29.9 Å². The standard InChI is InChI=1S/C24H27FN5O9P/c1-24(2)22(31)30(12-38-40(32,33)34)21-17(39-24)7-6-13(27-21)8-16-15(25)11-26-23(29-16)28-14-9-18(35-3)20(37-5)19(10-14)36-4/h6-7,9-11H,8,12H2,1-5H3,(H,26,28,29)(H2,32,33,34). The van der Waals surface area contributed by atoms with Gasteiger partial charge in [-0.15, -0.1) is 0 Å².